The van der Waals surface area contributed by atoms with Gasteiger partial charge in [0, 0.05) is 18.8 Å². The molecular formula is C39H66O15. The van der Waals surface area contributed by atoms with Crippen LogP contribution in [0, 0.1) is 52.3 Å². The summed E-state index contributed by atoms with van der Waals surface area (Å²) in [4.78, 5) is 0. The van der Waals surface area contributed by atoms with Crippen molar-refractivity contribution in [1.29, 1.82) is 0 Å². The van der Waals surface area contributed by atoms with Crippen LogP contribution in [0.1, 0.15) is 85.5 Å². The summed E-state index contributed by atoms with van der Waals surface area (Å²) in [6.45, 7) is 7.82. The molecule has 312 valence electrons. The van der Waals surface area contributed by atoms with Gasteiger partial charge in [-0.2, -0.15) is 0 Å². The fourth-order valence-electron chi connectivity index (χ4n) is 12.7. The third kappa shape index (κ3) is 6.82. The summed E-state index contributed by atoms with van der Waals surface area (Å²) in [6.07, 6.45) is -7.71. The second-order valence-corrected chi connectivity index (χ2v) is 18.7. The van der Waals surface area contributed by atoms with Crippen molar-refractivity contribution >= 4 is 0 Å². The maximum atomic E-state index is 12.0. The maximum absolute atomic E-state index is 12.0. The van der Waals surface area contributed by atoms with Crippen LogP contribution in [0.4, 0.5) is 0 Å². The SMILES string of the molecule is C[C@H](CC[C@@]1(O)OC2CC3C4CC[C@@H]5C[C@@H](O[C@@H]6O[C@H](CO)[C@@H](O)[C@H](O)[C@H]6O)C[C@@H](O)[C@]5(C)C4CC[C@]3(C)C2[C@@H]1C)CO[C@H]1O[C@@H](CO)[C@H](O)[C@@H](O)[C@@H]1O. The van der Waals surface area contributed by atoms with Gasteiger partial charge in [-0.25, -0.2) is 0 Å². The van der Waals surface area contributed by atoms with Gasteiger partial charge in [-0.15, -0.1) is 0 Å². The third-order valence-corrected chi connectivity index (χ3v) is 16.0. The Labute approximate surface area is 317 Å². The van der Waals surface area contributed by atoms with Gasteiger partial charge in [0.2, 0.25) is 0 Å². The second kappa shape index (κ2) is 15.5. The zero-order valence-electron chi connectivity index (χ0n) is 32.0. The second-order valence-electron chi connectivity index (χ2n) is 18.7. The number of hydrogen-bond acceptors (Lipinski definition) is 15. The molecule has 3 heterocycles. The Morgan fingerprint density at radius 3 is 2.04 bits per heavy atom. The molecule has 3 saturated heterocycles. The van der Waals surface area contributed by atoms with E-state index in [1.54, 1.807) is 0 Å². The molecule has 7 aliphatic rings. The first kappa shape index (κ1) is 41.6. The number of hydrogen-bond donors (Lipinski definition) is 10. The van der Waals surface area contributed by atoms with Crippen LogP contribution in [0.3, 0.4) is 0 Å². The van der Waals surface area contributed by atoms with Crippen molar-refractivity contribution in [3.8, 4) is 0 Å². The van der Waals surface area contributed by atoms with Crippen molar-refractivity contribution in [2.75, 3.05) is 19.8 Å². The largest absolute Gasteiger partial charge is 0.394 e. The molecule has 3 aliphatic heterocycles. The van der Waals surface area contributed by atoms with Gasteiger partial charge in [-0.3, -0.25) is 0 Å². The van der Waals surface area contributed by atoms with Gasteiger partial charge in [0.25, 0.3) is 0 Å². The Morgan fingerprint density at radius 2 is 1.39 bits per heavy atom. The molecule has 0 aromatic carbocycles. The Bertz CT molecular complexity index is 1290. The van der Waals surface area contributed by atoms with Crippen molar-refractivity contribution in [2.45, 2.75) is 171 Å². The first-order valence-corrected chi connectivity index (χ1v) is 20.4. The molecule has 0 aromatic heterocycles. The van der Waals surface area contributed by atoms with Crippen LogP contribution < -0.4 is 0 Å². The van der Waals surface area contributed by atoms with Crippen LogP contribution in [-0.4, -0.2) is 156 Å². The lowest BCUT2D eigenvalue weighted by Gasteiger charge is -2.62. The molecule has 0 amide bonds. The molecule has 15 nitrogen and oxygen atoms in total. The highest BCUT2D eigenvalue weighted by atomic mass is 16.7. The Balaban J connectivity index is 0.948. The molecule has 0 spiro atoms. The lowest BCUT2D eigenvalue weighted by molar-refractivity contribution is -0.320. The van der Waals surface area contributed by atoms with Gasteiger partial charge in [-0.05, 0) is 91.3 Å². The summed E-state index contributed by atoms with van der Waals surface area (Å²) in [5.74, 6) is 0.0684. The van der Waals surface area contributed by atoms with Crippen molar-refractivity contribution in [1.82, 2.24) is 0 Å². The van der Waals surface area contributed by atoms with Gasteiger partial charge >= 0.3 is 0 Å². The Hall–Kier alpha value is -0.600. The zero-order valence-corrected chi connectivity index (χ0v) is 32.0. The number of rotatable bonds is 10. The van der Waals surface area contributed by atoms with Crippen molar-refractivity contribution in [3.63, 3.8) is 0 Å². The number of ether oxygens (including phenoxy) is 5. The average molecular weight is 775 g/mol. The molecule has 10 N–H and O–H groups in total. The summed E-state index contributed by atoms with van der Waals surface area (Å²) in [5, 5.41) is 104. The zero-order chi connectivity index (χ0) is 39.1. The molecule has 15 heteroatoms. The highest BCUT2D eigenvalue weighted by molar-refractivity contribution is 5.16. The number of aliphatic hydroxyl groups excluding tert-OH is 9. The highest BCUT2D eigenvalue weighted by Crippen LogP contribution is 2.71. The molecule has 0 aromatic rings. The van der Waals surface area contributed by atoms with E-state index in [1.807, 2.05) is 6.92 Å². The van der Waals surface area contributed by atoms with Crippen LogP contribution in [0.15, 0.2) is 0 Å². The van der Waals surface area contributed by atoms with Gasteiger partial charge in [0.1, 0.15) is 48.8 Å². The van der Waals surface area contributed by atoms with Gasteiger partial charge in [0.15, 0.2) is 18.4 Å². The molecule has 4 saturated carbocycles. The van der Waals surface area contributed by atoms with Crippen LogP contribution in [0.5, 0.6) is 0 Å². The Morgan fingerprint density at radius 1 is 0.759 bits per heavy atom. The van der Waals surface area contributed by atoms with E-state index in [1.165, 1.54) is 0 Å². The molecule has 23 atom stereocenters. The fourth-order valence-corrected chi connectivity index (χ4v) is 12.7. The van der Waals surface area contributed by atoms with Crippen LogP contribution in [0.25, 0.3) is 0 Å². The van der Waals surface area contributed by atoms with E-state index in [2.05, 4.69) is 20.8 Å². The quantitative estimate of drug-likeness (QED) is 0.124. The summed E-state index contributed by atoms with van der Waals surface area (Å²) in [5.41, 5.74) is -0.344. The molecular weight excluding hydrogens is 708 g/mol. The molecule has 4 aliphatic carbocycles. The fraction of sp³-hybridized carbons (Fsp3) is 1.00. The minimum Gasteiger partial charge on any atom is -0.394 e. The van der Waals surface area contributed by atoms with E-state index < -0.39 is 92.6 Å². The summed E-state index contributed by atoms with van der Waals surface area (Å²) >= 11 is 0. The minimum atomic E-state index is -1.52. The predicted octanol–water partition coefficient (Wildman–Crippen LogP) is -0.633. The molecule has 54 heavy (non-hydrogen) atoms. The maximum Gasteiger partial charge on any atom is 0.186 e. The van der Waals surface area contributed by atoms with Crippen LogP contribution in [0.2, 0.25) is 0 Å². The molecule has 0 radical (unpaired) electrons. The standard InChI is InChI=1S/C39H66O15/c1-17(16-50-35-33(47)31(45)29(43)25(14-40)52-35)7-10-39(49)18(2)28-24(54-39)13-23-21-6-5-19-11-20(51-36-34(48)32(46)30(44)26(15-41)53-36)12-27(42)38(19,4)22(21)8-9-37(23,28)3/h17-36,40-49H,5-16H2,1-4H3/t17-,18+,19-,20-,21?,22?,23?,24?,25+,26-,27-,28?,29+,30-,31-,32+,33+,34-,35+,36-,37+,38+,39-/m1/s1. The van der Waals surface area contributed by atoms with Gasteiger partial charge in [-0.1, -0.05) is 27.7 Å². The molecule has 7 rings (SSSR count). The van der Waals surface area contributed by atoms with Crippen molar-refractivity contribution in [2.24, 2.45) is 52.3 Å². The number of aliphatic hydroxyl groups is 10. The lowest BCUT2D eigenvalue weighted by Crippen LogP contribution is -2.62. The van der Waals surface area contributed by atoms with Gasteiger partial charge in [0.05, 0.1) is 38.1 Å². The normalized spacial score (nSPS) is 56.4. The topological polar surface area (TPSA) is 248 Å². The minimum absolute atomic E-state index is 0.0227. The predicted molar refractivity (Wildman–Crippen MR) is 188 cm³/mol. The van der Waals surface area contributed by atoms with Crippen LogP contribution >= 0.6 is 0 Å². The molecule has 5 unspecified atom stereocenters. The first-order chi connectivity index (χ1) is 25.5. The van der Waals surface area contributed by atoms with Crippen molar-refractivity contribution < 1.29 is 74.7 Å². The third-order valence-electron chi connectivity index (χ3n) is 16.0. The van der Waals surface area contributed by atoms with Gasteiger partial charge < -0.3 is 74.7 Å². The monoisotopic (exact) mass is 774 g/mol. The van der Waals surface area contributed by atoms with E-state index in [-0.39, 0.29) is 47.2 Å². The Kier molecular flexibility index (Phi) is 12.0. The summed E-state index contributed by atoms with van der Waals surface area (Å²) < 4.78 is 29.7. The highest BCUT2D eigenvalue weighted by Gasteiger charge is 2.69. The smallest absolute Gasteiger partial charge is 0.186 e. The van der Waals surface area contributed by atoms with E-state index in [0.717, 1.165) is 32.1 Å². The molecule has 0 bridgehead atoms. The van der Waals surface area contributed by atoms with E-state index in [9.17, 15) is 51.1 Å². The summed E-state index contributed by atoms with van der Waals surface area (Å²) in [7, 11) is 0. The molecule has 7 fully saturated rings. The van der Waals surface area contributed by atoms with Crippen molar-refractivity contribution in [3.05, 3.63) is 0 Å². The van der Waals surface area contributed by atoms with E-state index >= 15 is 0 Å². The first-order valence-electron chi connectivity index (χ1n) is 20.4. The average Bonchev–Trinajstić information content (AvgIpc) is 3.58. The van der Waals surface area contributed by atoms with E-state index in [0.29, 0.717) is 43.4 Å². The van der Waals surface area contributed by atoms with E-state index in [4.69, 9.17) is 23.7 Å². The van der Waals surface area contributed by atoms with Crippen LogP contribution in [-0.2, 0) is 23.7 Å². The number of fused-ring (bicyclic) bond motifs is 7. The summed E-state index contributed by atoms with van der Waals surface area (Å²) in [6, 6.07) is 0. The lowest BCUT2D eigenvalue weighted by atomic mass is 9.43.